The van der Waals surface area contributed by atoms with E-state index in [1.54, 1.807) is 12.3 Å². The van der Waals surface area contributed by atoms with Crippen molar-refractivity contribution in [2.24, 2.45) is 5.16 Å². The second kappa shape index (κ2) is 7.81. The first-order valence-corrected chi connectivity index (χ1v) is 9.90. The van der Waals surface area contributed by atoms with Crippen molar-refractivity contribution in [3.8, 4) is 23.2 Å². The fraction of sp³-hybridized carbons (Fsp3) is 0.0370. The first-order valence-electron chi connectivity index (χ1n) is 9.90. The minimum Gasteiger partial charge on any atom is -0.456 e. The smallest absolute Gasteiger partial charge is 0.138 e. The molecule has 5 aromatic rings. The summed E-state index contributed by atoms with van der Waals surface area (Å²) >= 11 is 0. The van der Waals surface area contributed by atoms with E-state index in [9.17, 15) is 5.21 Å². The Hall–Kier alpha value is -4.36. The minimum absolute atomic E-state index is 0.440. The van der Waals surface area contributed by atoms with Crippen LogP contribution >= 0.6 is 0 Å². The molecule has 0 fully saturated rings. The summed E-state index contributed by atoms with van der Waals surface area (Å²) in [5.74, 6) is 6.99. The number of nitrogens with zero attached hydrogens (tertiary/aromatic N) is 2. The van der Waals surface area contributed by atoms with Crippen molar-refractivity contribution in [3.63, 3.8) is 0 Å². The lowest BCUT2D eigenvalue weighted by atomic mass is 10.0. The molecule has 2 aromatic heterocycles. The summed E-state index contributed by atoms with van der Waals surface area (Å²) in [6.45, 7) is 1.98. The van der Waals surface area contributed by atoms with Gasteiger partial charge in [-0.05, 0) is 48.9 Å². The summed E-state index contributed by atoms with van der Waals surface area (Å²) in [6.07, 6.45) is 1.76. The van der Waals surface area contributed by atoms with Crippen LogP contribution in [0.5, 0.6) is 0 Å². The molecule has 3 aromatic carbocycles. The number of rotatable bonds is 1. The highest BCUT2D eigenvalue weighted by Crippen LogP contribution is 2.26. The molecule has 0 radical (unpaired) electrons. The normalized spacial score (nSPS) is 11.5. The van der Waals surface area contributed by atoms with Crippen LogP contribution in [0.2, 0.25) is 0 Å². The van der Waals surface area contributed by atoms with Gasteiger partial charge in [0.1, 0.15) is 16.7 Å². The van der Waals surface area contributed by atoms with Crippen molar-refractivity contribution in [1.82, 2.24) is 4.98 Å². The van der Waals surface area contributed by atoms with Gasteiger partial charge in [0.2, 0.25) is 0 Å². The molecule has 0 aliphatic rings. The van der Waals surface area contributed by atoms with E-state index in [0.29, 0.717) is 16.7 Å². The van der Waals surface area contributed by atoms with E-state index in [1.807, 2.05) is 79.7 Å². The van der Waals surface area contributed by atoms with Crippen LogP contribution in [0, 0.1) is 18.8 Å². The summed E-state index contributed by atoms with van der Waals surface area (Å²) in [5.41, 5.74) is 5.10. The Kier molecular flexibility index (Phi) is 4.70. The molecule has 31 heavy (non-hydrogen) atoms. The van der Waals surface area contributed by atoms with Crippen LogP contribution < -0.4 is 5.36 Å². The third-order valence-corrected chi connectivity index (χ3v) is 5.19. The molecule has 0 aliphatic carbocycles. The SMILES string of the molecule is Cc1cc2c(=NO)cc(-c3cnc4ccccc4c3)oc2cc1C#Cc1ccccc1. The Morgan fingerprint density at radius 1 is 0.903 bits per heavy atom. The predicted molar refractivity (Wildman–Crippen MR) is 121 cm³/mol. The minimum atomic E-state index is 0.440. The molecule has 0 saturated carbocycles. The third-order valence-electron chi connectivity index (χ3n) is 5.19. The fourth-order valence-electron chi connectivity index (χ4n) is 3.55. The molecule has 0 unspecified atom stereocenters. The van der Waals surface area contributed by atoms with E-state index < -0.39 is 0 Å². The quantitative estimate of drug-likeness (QED) is 0.224. The summed E-state index contributed by atoms with van der Waals surface area (Å²) in [5, 5.41) is 15.3. The molecular weight excluding hydrogens is 384 g/mol. The van der Waals surface area contributed by atoms with Crippen molar-refractivity contribution in [2.75, 3.05) is 0 Å². The molecule has 4 heteroatoms. The molecule has 4 nitrogen and oxygen atoms in total. The molecular formula is C27H18N2O2. The molecule has 0 saturated heterocycles. The average molecular weight is 402 g/mol. The van der Waals surface area contributed by atoms with Crippen molar-refractivity contribution in [3.05, 3.63) is 107 Å². The Bertz CT molecular complexity index is 1560. The van der Waals surface area contributed by atoms with Gasteiger partial charge < -0.3 is 9.62 Å². The molecule has 0 amide bonds. The lowest BCUT2D eigenvalue weighted by molar-refractivity contribution is 0.302. The van der Waals surface area contributed by atoms with Crippen LogP contribution in [0.3, 0.4) is 0 Å². The van der Waals surface area contributed by atoms with Crippen LogP contribution in [0.4, 0.5) is 0 Å². The van der Waals surface area contributed by atoms with Crippen molar-refractivity contribution in [2.45, 2.75) is 6.92 Å². The highest BCUT2D eigenvalue weighted by Gasteiger charge is 2.10. The Morgan fingerprint density at radius 2 is 1.71 bits per heavy atom. The zero-order valence-electron chi connectivity index (χ0n) is 16.8. The predicted octanol–water partition coefficient (Wildman–Crippen LogP) is 5.65. The largest absolute Gasteiger partial charge is 0.456 e. The van der Waals surface area contributed by atoms with Crippen LogP contribution in [-0.2, 0) is 0 Å². The van der Waals surface area contributed by atoms with Gasteiger partial charge in [0.25, 0.3) is 0 Å². The van der Waals surface area contributed by atoms with Crippen molar-refractivity contribution >= 4 is 21.9 Å². The van der Waals surface area contributed by atoms with Crippen LogP contribution in [0.15, 0.2) is 94.6 Å². The zero-order chi connectivity index (χ0) is 21.2. The maximum atomic E-state index is 9.63. The Balaban J connectivity index is 1.67. The van der Waals surface area contributed by atoms with Gasteiger partial charge in [0.15, 0.2) is 0 Å². The highest BCUT2D eigenvalue weighted by atomic mass is 16.4. The van der Waals surface area contributed by atoms with Gasteiger partial charge in [-0.1, -0.05) is 53.4 Å². The van der Waals surface area contributed by atoms with E-state index in [4.69, 9.17) is 4.42 Å². The average Bonchev–Trinajstić information content (AvgIpc) is 2.82. The number of hydrogen-bond acceptors (Lipinski definition) is 4. The fourth-order valence-corrected chi connectivity index (χ4v) is 3.55. The van der Waals surface area contributed by atoms with Gasteiger partial charge in [-0.25, -0.2) is 0 Å². The van der Waals surface area contributed by atoms with Gasteiger partial charge in [-0.15, -0.1) is 0 Å². The van der Waals surface area contributed by atoms with Gasteiger partial charge in [-0.2, -0.15) is 0 Å². The molecule has 5 rings (SSSR count). The number of para-hydroxylation sites is 1. The summed E-state index contributed by atoms with van der Waals surface area (Å²) in [7, 11) is 0. The number of hydrogen-bond donors (Lipinski definition) is 1. The maximum Gasteiger partial charge on any atom is 0.138 e. The number of aromatic nitrogens is 1. The topological polar surface area (TPSA) is 58.6 Å². The molecule has 0 aliphatic heterocycles. The summed E-state index contributed by atoms with van der Waals surface area (Å²) < 4.78 is 6.21. The second-order valence-electron chi connectivity index (χ2n) is 7.29. The lowest BCUT2D eigenvalue weighted by Gasteiger charge is -2.07. The monoisotopic (exact) mass is 402 g/mol. The zero-order valence-corrected chi connectivity index (χ0v) is 16.8. The standard InChI is InChI=1S/C27H18N2O2/c1-18-13-23-25(29-30)16-26(22-14-21-9-5-6-10-24(21)28-17-22)31-27(23)15-20(18)12-11-19-7-3-2-4-8-19/h2-10,13-17,30H,1H3. The first-order chi connectivity index (χ1) is 15.2. The molecule has 2 heterocycles. The van der Waals surface area contributed by atoms with E-state index >= 15 is 0 Å². The van der Waals surface area contributed by atoms with Gasteiger partial charge >= 0.3 is 0 Å². The van der Waals surface area contributed by atoms with Crippen LogP contribution in [-0.4, -0.2) is 10.2 Å². The van der Waals surface area contributed by atoms with Crippen molar-refractivity contribution in [1.29, 1.82) is 0 Å². The highest BCUT2D eigenvalue weighted by molar-refractivity contribution is 5.85. The second-order valence-corrected chi connectivity index (χ2v) is 7.29. The number of benzene rings is 3. The van der Waals surface area contributed by atoms with Crippen LogP contribution in [0.1, 0.15) is 16.7 Å². The summed E-state index contributed by atoms with van der Waals surface area (Å²) in [6, 6.07) is 25.3. The van der Waals surface area contributed by atoms with E-state index in [-0.39, 0.29) is 0 Å². The molecule has 0 spiro atoms. The van der Waals surface area contributed by atoms with Gasteiger partial charge in [-0.3, -0.25) is 4.98 Å². The van der Waals surface area contributed by atoms with E-state index in [0.717, 1.165) is 38.5 Å². The molecule has 1 N–H and O–H groups in total. The van der Waals surface area contributed by atoms with Gasteiger partial charge in [0.05, 0.1) is 5.52 Å². The molecule has 0 atom stereocenters. The van der Waals surface area contributed by atoms with Gasteiger partial charge in [0, 0.05) is 39.7 Å². The first kappa shape index (κ1) is 18.7. The molecule has 0 bridgehead atoms. The van der Waals surface area contributed by atoms with E-state index in [2.05, 4.69) is 22.0 Å². The maximum absolute atomic E-state index is 9.63. The number of pyridine rings is 1. The third kappa shape index (κ3) is 3.65. The number of aryl methyl sites for hydroxylation is 1. The molecule has 148 valence electrons. The van der Waals surface area contributed by atoms with E-state index in [1.165, 1.54) is 0 Å². The van der Waals surface area contributed by atoms with Crippen LogP contribution in [0.25, 0.3) is 33.2 Å². The van der Waals surface area contributed by atoms with Crippen molar-refractivity contribution < 1.29 is 9.62 Å². The Morgan fingerprint density at radius 3 is 2.55 bits per heavy atom. The number of fused-ring (bicyclic) bond motifs is 2. The Labute approximate surface area is 179 Å². The lowest BCUT2D eigenvalue weighted by Crippen LogP contribution is -2.04. The summed E-state index contributed by atoms with van der Waals surface area (Å²) in [4.78, 5) is 4.51.